The Morgan fingerprint density at radius 1 is 1.17 bits per heavy atom. The molecule has 0 aliphatic rings. The number of hydrogen-bond donors (Lipinski definition) is 1. The van der Waals surface area contributed by atoms with Gasteiger partial charge in [-0.1, -0.05) is 34.1 Å². The maximum atomic E-state index is 5.86. The van der Waals surface area contributed by atoms with Crippen LogP contribution in [0.1, 0.15) is 11.5 Å². The third-order valence-corrected chi connectivity index (χ3v) is 3.23. The molecule has 1 heterocycles. The van der Waals surface area contributed by atoms with Gasteiger partial charge in [0.15, 0.2) is 11.5 Å². The van der Waals surface area contributed by atoms with Crippen molar-refractivity contribution in [2.45, 2.75) is 6.42 Å². The van der Waals surface area contributed by atoms with Crippen molar-refractivity contribution >= 4 is 32.7 Å². The number of hydrogen-bond acceptors (Lipinski definition) is 3. The van der Waals surface area contributed by atoms with Gasteiger partial charge in [0.2, 0.25) is 0 Å². The van der Waals surface area contributed by atoms with E-state index in [1.54, 1.807) is 0 Å². The summed E-state index contributed by atoms with van der Waals surface area (Å²) in [4.78, 5) is 4.43. The van der Waals surface area contributed by atoms with E-state index in [9.17, 15) is 0 Å². The summed E-state index contributed by atoms with van der Waals surface area (Å²) in [6.45, 7) is 0. The van der Waals surface area contributed by atoms with E-state index in [4.69, 9.17) is 10.2 Å². The maximum absolute atomic E-state index is 5.86. The van der Waals surface area contributed by atoms with Crippen LogP contribution in [0.2, 0.25) is 0 Å². The minimum absolute atomic E-state index is 0.650. The highest BCUT2D eigenvalue weighted by atomic mass is 79.9. The fourth-order valence-electron chi connectivity index (χ4n) is 1.91. The second-order valence-corrected chi connectivity index (χ2v) is 5.02. The summed E-state index contributed by atoms with van der Waals surface area (Å²) in [6.07, 6.45) is 0.660. The molecule has 90 valence electrons. The molecule has 0 spiro atoms. The van der Waals surface area contributed by atoms with E-state index in [2.05, 4.69) is 27.0 Å². The van der Waals surface area contributed by atoms with Gasteiger partial charge in [-0.05, 0) is 29.8 Å². The second kappa shape index (κ2) is 4.46. The zero-order valence-electron chi connectivity index (χ0n) is 9.56. The van der Waals surface area contributed by atoms with Crippen molar-refractivity contribution in [2.24, 2.45) is 0 Å². The van der Waals surface area contributed by atoms with Crippen molar-refractivity contribution in [3.63, 3.8) is 0 Å². The number of oxazole rings is 1. The van der Waals surface area contributed by atoms with Crippen molar-refractivity contribution in [2.75, 3.05) is 5.73 Å². The van der Waals surface area contributed by atoms with E-state index in [1.165, 1.54) is 0 Å². The van der Waals surface area contributed by atoms with Crippen LogP contribution in [0.25, 0.3) is 11.1 Å². The Bertz CT molecular complexity index is 706. The van der Waals surface area contributed by atoms with Crippen molar-refractivity contribution < 1.29 is 4.42 Å². The first-order valence-corrected chi connectivity index (χ1v) is 6.40. The van der Waals surface area contributed by atoms with E-state index in [0.29, 0.717) is 18.0 Å². The fourth-order valence-corrected chi connectivity index (χ4v) is 2.36. The van der Waals surface area contributed by atoms with Gasteiger partial charge in [-0.25, -0.2) is 4.98 Å². The Balaban J connectivity index is 1.98. The van der Waals surface area contributed by atoms with E-state index in [-0.39, 0.29) is 0 Å². The Kier molecular flexibility index (Phi) is 2.80. The Morgan fingerprint density at radius 2 is 2.00 bits per heavy atom. The summed E-state index contributed by atoms with van der Waals surface area (Å²) < 4.78 is 6.74. The summed E-state index contributed by atoms with van der Waals surface area (Å²) in [6, 6.07) is 13.7. The highest BCUT2D eigenvalue weighted by Gasteiger charge is 2.08. The van der Waals surface area contributed by atoms with Gasteiger partial charge in [0.1, 0.15) is 5.52 Å². The Labute approximate surface area is 113 Å². The molecule has 2 aromatic carbocycles. The van der Waals surface area contributed by atoms with Gasteiger partial charge < -0.3 is 10.2 Å². The first-order valence-electron chi connectivity index (χ1n) is 5.61. The SMILES string of the molecule is Nc1cccc2oc(Cc3cccc(Br)c3)nc12. The molecular weight excluding hydrogens is 292 g/mol. The molecule has 0 fully saturated rings. The lowest BCUT2D eigenvalue weighted by molar-refractivity contribution is 0.544. The van der Waals surface area contributed by atoms with Crippen molar-refractivity contribution in [3.8, 4) is 0 Å². The van der Waals surface area contributed by atoms with Crippen molar-refractivity contribution in [1.82, 2.24) is 4.98 Å². The summed E-state index contributed by atoms with van der Waals surface area (Å²) in [7, 11) is 0. The maximum Gasteiger partial charge on any atom is 0.199 e. The number of aromatic nitrogens is 1. The zero-order valence-corrected chi connectivity index (χ0v) is 11.1. The minimum Gasteiger partial charge on any atom is -0.440 e. The van der Waals surface area contributed by atoms with Crippen LogP contribution in [-0.2, 0) is 6.42 Å². The third-order valence-electron chi connectivity index (χ3n) is 2.74. The van der Waals surface area contributed by atoms with E-state index < -0.39 is 0 Å². The molecule has 3 rings (SSSR count). The lowest BCUT2D eigenvalue weighted by Gasteiger charge is -1.97. The molecule has 0 unspecified atom stereocenters. The van der Waals surface area contributed by atoms with Crippen LogP contribution < -0.4 is 5.73 Å². The molecule has 0 aliphatic carbocycles. The molecular formula is C14H11BrN2O. The van der Waals surface area contributed by atoms with Gasteiger partial charge >= 0.3 is 0 Å². The minimum atomic E-state index is 0.650. The number of rotatable bonds is 2. The van der Waals surface area contributed by atoms with Gasteiger partial charge in [-0.3, -0.25) is 0 Å². The summed E-state index contributed by atoms with van der Waals surface area (Å²) in [5, 5.41) is 0. The largest absolute Gasteiger partial charge is 0.440 e. The molecule has 1 aromatic heterocycles. The number of halogens is 1. The first-order chi connectivity index (χ1) is 8.72. The average Bonchev–Trinajstić information content (AvgIpc) is 2.73. The van der Waals surface area contributed by atoms with Crippen LogP contribution in [-0.4, -0.2) is 4.98 Å². The summed E-state index contributed by atoms with van der Waals surface area (Å²) >= 11 is 3.45. The van der Waals surface area contributed by atoms with Crippen LogP contribution in [0, 0.1) is 0 Å². The number of fused-ring (bicyclic) bond motifs is 1. The van der Waals surface area contributed by atoms with Crippen LogP contribution in [0.4, 0.5) is 5.69 Å². The average molecular weight is 303 g/mol. The monoisotopic (exact) mass is 302 g/mol. The van der Waals surface area contributed by atoms with Gasteiger partial charge in [-0.15, -0.1) is 0 Å². The normalized spacial score (nSPS) is 10.9. The van der Waals surface area contributed by atoms with E-state index in [0.717, 1.165) is 21.1 Å². The predicted octanol–water partition coefficient (Wildman–Crippen LogP) is 3.76. The first kappa shape index (κ1) is 11.3. The molecule has 0 radical (unpaired) electrons. The second-order valence-electron chi connectivity index (χ2n) is 4.11. The van der Waals surface area contributed by atoms with Crippen LogP contribution >= 0.6 is 15.9 Å². The van der Waals surface area contributed by atoms with Gasteiger partial charge in [-0.2, -0.15) is 0 Å². The molecule has 0 bridgehead atoms. The Hall–Kier alpha value is -1.81. The molecule has 0 atom stereocenters. The van der Waals surface area contributed by atoms with E-state index >= 15 is 0 Å². The molecule has 18 heavy (non-hydrogen) atoms. The summed E-state index contributed by atoms with van der Waals surface area (Å²) in [5.41, 5.74) is 9.13. The van der Waals surface area contributed by atoms with Gasteiger partial charge in [0.25, 0.3) is 0 Å². The molecule has 0 aliphatic heterocycles. The van der Waals surface area contributed by atoms with Crippen molar-refractivity contribution in [1.29, 1.82) is 0 Å². The van der Waals surface area contributed by atoms with Crippen LogP contribution in [0.5, 0.6) is 0 Å². The standard InChI is InChI=1S/C14H11BrN2O/c15-10-4-1-3-9(7-10)8-13-17-14-11(16)5-2-6-12(14)18-13/h1-7H,8,16H2. The molecule has 0 saturated carbocycles. The topological polar surface area (TPSA) is 52.0 Å². The predicted molar refractivity (Wildman–Crippen MR) is 75.4 cm³/mol. The molecule has 3 aromatic rings. The fraction of sp³-hybridized carbons (Fsp3) is 0.0714. The Morgan fingerprint density at radius 3 is 2.78 bits per heavy atom. The molecule has 0 amide bonds. The van der Waals surface area contributed by atoms with Crippen molar-refractivity contribution in [3.05, 3.63) is 58.4 Å². The van der Waals surface area contributed by atoms with Crippen LogP contribution in [0.3, 0.4) is 0 Å². The van der Waals surface area contributed by atoms with Gasteiger partial charge in [0.05, 0.1) is 5.69 Å². The molecule has 2 N–H and O–H groups in total. The number of nitrogens with two attached hydrogens (primary N) is 1. The summed E-state index contributed by atoms with van der Waals surface area (Å²) in [5.74, 6) is 0.681. The molecule has 4 heteroatoms. The smallest absolute Gasteiger partial charge is 0.199 e. The number of nitrogens with zero attached hydrogens (tertiary/aromatic N) is 1. The molecule has 3 nitrogen and oxygen atoms in total. The zero-order chi connectivity index (χ0) is 12.5. The number of benzene rings is 2. The van der Waals surface area contributed by atoms with Gasteiger partial charge in [0, 0.05) is 10.9 Å². The quantitative estimate of drug-likeness (QED) is 0.733. The number of anilines is 1. The molecule has 0 saturated heterocycles. The lowest BCUT2D eigenvalue weighted by Crippen LogP contribution is -1.89. The number of nitrogen functional groups attached to an aromatic ring is 1. The lowest BCUT2D eigenvalue weighted by atomic mass is 10.1. The highest BCUT2D eigenvalue weighted by molar-refractivity contribution is 9.10. The number of para-hydroxylation sites is 1. The van der Waals surface area contributed by atoms with E-state index in [1.807, 2.05) is 36.4 Å². The third kappa shape index (κ3) is 2.11. The highest BCUT2D eigenvalue weighted by Crippen LogP contribution is 2.23. The van der Waals surface area contributed by atoms with Crippen LogP contribution in [0.15, 0.2) is 51.4 Å².